The smallest absolute Gasteiger partial charge is 0.326 e. The second-order valence-corrected chi connectivity index (χ2v) is 10.8. The maximum Gasteiger partial charge on any atom is 0.326 e. The number of para-hydroxylation sites is 1. The first kappa shape index (κ1) is 30.4. The zero-order chi connectivity index (χ0) is 29.4. The van der Waals surface area contributed by atoms with Gasteiger partial charge in [-0.15, -0.1) is 0 Å². The molecule has 4 unspecified atom stereocenters. The number of hydrogen-bond donors (Lipinski definition) is 7. The monoisotopic (exact) mass is 553 g/mol. The van der Waals surface area contributed by atoms with Gasteiger partial charge >= 0.3 is 5.97 Å². The third kappa shape index (κ3) is 8.15. The molecule has 2 aromatic heterocycles. The predicted octanol–water partition coefficient (Wildman–Crippen LogP) is 1.24. The summed E-state index contributed by atoms with van der Waals surface area (Å²) in [5.74, 6) is -3.12. The van der Waals surface area contributed by atoms with Crippen LogP contribution < -0.4 is 21.7 Å². The van der Waals surface area contributed by atoms with Crippen LogP contribution >= 0.6 is 0 Å². The minimum absolute atomic E-state index is 0.0517. The van der Waals surface area contributed by atoms with Crippen LogP contribution in [0.3, 0.4) is 0 Å². The van der Waals surface area contributed by atoms with Crippen molar-refractivity contribution >= 4 is 34.6 Å². The van der Waals surface area contributed by atoms with E-state index in [9.17, 15) is 24.3 Å². The van der Waals surface area contributed by atoms with Gasteiger partial charge in [0.15, 0.2) is 0 Å². The molecule has 12 nitrogen and oxygen atoms in total. The average Bonchev–Trinajstić information content (AvgIpc) is 3.55. The van der Waals surface area contributed by atoms with E-state index in [1.807, 2.05) is 38.1 Å². The van der Waals surface area contributed by atoms with Crippen LogP contribution in [-0.4, -0.2) is 67.9 Å². The summed E-state index contributed by atoms with van der Waals surface area (Å²) in [6.07, 6.45) is 5.30. The van der Waals surface area contributed by atoms with Gasteiger partial charge in [-0.2, -0.15) is 0 Å². The highest BCUT2D eigenvalue weighted by molar-refractivity contribution is 5.94. The van der Waals surface area contributed by atoms with Gasteiger partial charge in [-0.1, -0.05) is 45.9 Å². The van der Waals surface area contributed by atoms with Crippen molar-refractivity contribution in [3.63, 3.8) is 0 Å². The molecular formula is C28H39N7O5. The third-order valence-corrected chi connectivity index (χ3v) is 6.63. The molecular weight excluding hydrogens is 514 g/mol. The largest absolute Gasteiger partial charge is 0.480 e. The molecule has 0 spiro atoms. The highest BCUT2D eigenvalue weighted by atomic mass is 16.4. The number of benzene rings is 1. The van der Waals surface area contributed by atoms with Gasteiger partial charge in [-0.3, -0.25) is 14.4 Å². The van der Waals surface area contributed by atoms with E-state index < -0.39 is 47.9 Å². The van der Waals surface area contributed by atoms with Gasteiger partial charge in [0.1, 0.15) is 18.1 Å². The number of imidazole rings is 1. The number of carbonyl (C=O) groups is 4. The lowest BCUT2D eigenvalue weighted by molar-refractivity contribution is -0.142. The van der Waals surface area contributed by atoms with Gasteiger partial charge in [0.05, 0.1) is 12.4 Å². The third-order valence-electron chi connectivity index (χ3n) is 6.63. The van der Waals surface area contributed by atoms with Crippen LogP contribution in [-0.2, 0) is 32.0 Å². The van der Waals surface area contributed by atoms with Gasteiger partial charge in [0.2, 0.25) is 17.7 Å². The fraction of sp³-hybridized carbons (Fsp3) is 0.464. The number of carboxylic acids is 1. The lowest BCUT2D eigenvalue weighted by atomic mass is 10.00. The molecule has 3 rings (SSSR count). The zero-order valence-corrected chi connectivity index (χ0v) is 23.2. The molecule has 0 radical (unpaired) electrons. The molecule has 2 heterocycles. The van der Waals surface area contributed by atoms with Crippen molar-refractivity contribution in [1.29, 1.82) is 0 Å². The van der Waals surface area contributed by atoms with Crippen LogP contribution in [0.5, 0.6) is 0 Å². The number of amides is 3. The fourth-order valence-electron chi connectivity index (χ4n) is 4.49. The summed E-state index contributed by atoms with van der Waals surface area (Å²) in [5.41, 5.74) is 8.23. The molecule has 216 valence electrons. The van der Waals surface area contributed by atoms with Gasteiger partial charge in [-0.05, 0) is 29.9 Å². The number of nitrogens with two attached hydrogens (primary N) is 1. The first-order chi connectivity index (χ1) is 19.0. The Morgan fingerprint density at radius 2 is 1.62 bits per heavy atom. The van der Waals surface area contributed by atoms with Gasteiger partial charge in [-0.25, -0.2) is 9.78 Å². The van der Waals surface area contributed by atoms with E-state index >= 15 is 0 Å². The quantitative estimate of drug-likeness (QED) is 0.156. The number of nitrogens with one attached hydrogen (secondary N) is 5. The van der Waals surface area contributed by atoms with Gasteiger partial charge in [0, 0.05) is 41.8 Å². The number of hydrogen-bond acceptors (Lipinski definition) is 6. The van der Waals surface area contributed by atoms with E-state index in [4.69, 9.17) is 5.73 Å². The summed E-state index contributed by atoms with van der Waals surface area (Å²) in [5, 5.41) is 18.7. The number of aromatic amines is 2. The Balaban J connectivity index is 1.74. The van der Waals surface area contributed by atoms with Crippen LogP contribution in [0, 0.1) is 11.8 Å². The van der Waals surface area contributed by atoms with Crippen molar-refractivity contribution in [2.45, 2.75) is 71.1 Å². The first-order valence-electron chi connectivity index (χ1n) is 13.4. The summed E-state index contributed by atoms with van der Waals surface area (Å²) in [6.45, 7) is 7.36. The second-order valence-electron chi connectivity index (χ2n) is 10.8. The topological polar surface area (TPSA) is 195 Å². The molecule has 0 fully saturated rings. The van der Waals surface area contributed by atoms with Crippen LogP contribution in [0.4, 0.5) is 0 Å². The van der Waals surface area contributed by atoms with Crippen LogP contribution in [0.15, 0.2) is 43.0 Å². The average molecular weight is 554 g/mol. The van der Waals surface area contributed by atoms with Crippen LogP contribution in [0.25, 0.3) is 10.9 Å². The van der Waals surface area contributed by atoms with E-state index in [2.05, 4.69) is 30.9 Å². The Morgan fingerprint density at radius 1 is 0.925 bits per heavy atom. The number of rotatable bonds is 14. The molecule has 0 aliphatic carbocycles. The molecule has 3 aromatic rings. The van der Waals surface area contributed by atoms with Gasteiger partial charge < -0.3 is 36.8 Å². The SMILES string of the molecule is CC(C)CC(N)C(=O)NC(Cc1cnc[nH]1)C(=O)NC(C(=O)NC(Cc1c[nH]c2ccccc12)C(=O)O)C(C)C. The summed E-state index contributed by atoms with van der Waals surface area (Å²) in [7, 11) is 0. The van der Waals surface area contributed by atoms with E-state index in [1.165, 1.54) is 12.5 Å². The number of carbonyl (C=O) groups excluding carboxylic acids is 3. The Kier molecular flexibility index (Phi) is 10.4. The Morgan fingerprint density at radius 3 is 2.25 bits per heavy atom. The number of aromatic nitrogens is 3. The molecule has 3 amide bonds. The minimum atomic E-state index is -1.22. The minimum Gasteiger partial charge on any atom is -0.480 e. The lowest BCUT2D eigenvalue weighted by Crippen LogP contribution is -2.59. The molecule has 1 aromatic carbocycles. The molecule has 0 saturated heterocycles. The molecule has 8 N–H and O–H groups in total. The van der Waals surface area contributed by atoms with Crippen LogP contribution in [0.1, 0.15) is 45.4 Å². The van der Waals surface area contributed by atoms with E-state index in [0.717, 1.165) is 16.5 Å². The number of nitrogens with zero attached hydrogens (tertiary/aromatic N) is 1. The number of aliphatic carboxylic acids is 1. The van der Waals surface area contributed by atoms with E-state index in [0.29, 0.717) is 12.1 Å². The van der Waals surface area contributed by atoms with Crippen LogP contribution in [0.2, 0.25) is 0 Å². The van der Waals surface area contributed by atoms with E-state index in [-0.39, 0.29) is 24.7 Å². The maximum absolute atomic E-state index is 13.4. The number of fused-ring (bicyclic) bond motifs is 1. The van der Waals surface area contributed by atoms with Crippen molar-refractivity contribution in [3.05, 3.63) is 54.2 Å². The Bertz CT molecular complexity index is 1300. The molecule has 12 heteroatoms. The second kappa shape index (κ2) is 13.7. The Labute approximate surface area is 232 Å². The van der Waals surface area contributed by atoms with Crippen molar-refractivity contribution in [2.75, 3.05) is 0 Å². The van der Waals surface area contributed by atoms with Gasteiger partial charge in [0.25, 0.3) is 0 Å². The fourth-order valence-corrected chi connectivity index (χ4v) is 4.49. The summed E-state index contributed by atoms with van der Waals surface area (Å²) < 4.78 is 0. The Hall–Kier alpha value is -4.19. The standard InChI is InChI=1S/C28H39N7O5/c1-15(2)9-20(29)25(36)33-22(11-18-13-30-14-32-18)26(37)35-24(16(3)4)27(38)34-23(28(39)40)10-17-12-31-21-8-6-5-7-19(17)21/h5-8,12-16,20,22-24,31H,9-11,29H2,1-4H3,(H,30,32)(H,33,36)(H,34,38)(H,35,37)(H,39,40). The molecule has 0 bridgehead atoms. The summed E-state index contributed by atoms with van der Waals surface area (Å²) >= 11 is 0. The lowest BCUT2D eigenvalue weighted by Gasteiger charge is -2.27. The number of carboxylic acid groups (broad SMARTS) is 1. The van der Waals surface area contributed by atoms with Crippen molar-refractivity contribution in [3.8, 4) is 0 Å². The highest BCUT2D eigenvalue weighted by Gasteiger charge is 2.32. The molecule has 4 atom stereocenters. The number of H-pyrrole nitrogens is 2. The zero-order valence-electron chi connectivity index (χ0n) is 23.2. The molecule has 0 saturated carbocycles. The first-order valence-corrected chi connectivity index (χ1v) is 13.4. The van der Waals surface area contributed by atoms with Crippen molar-refractivity contribution in [1.82, 2.24) is 30.9 Å². The predicted molar refractivity (Wildman–Crippen MR) is 150 cm³/mol. The molecule has 0 aliphatic rings. The normalized spacial score (nSPS) is 14.5. The molecule has 0 aliphatic heterocycles. The summed E-state index contributed by atoms with van der Waals surface area (Å²) in [6, 6.07) is 3.36. The van der Waals surface area contributed by atoms with Crippen molar-refractivity contribution in [2.24, 2.45) is 17.6 Å². The summed E-state index contributed by atoms with van der Waals surface area (Å²) in [4.78, 5) is 61.5. The van der Waals surface area contributed by atoms with E-state index in [1.54, 1.807) is 20.0 Å². The highest BCUT2D eigenvalue weighted by Crippen LogP contribution is 2.19. The van der Waals surface area contributed by atoms with Crippen molar-refractivity contribution < 1.29 is 24.3 Å². The maximum atomic E-state index is 13.4. The molecule has 40 heavy (non-hydrogen) atoms.